The Morgan fingerprint density at radius 3 is 2.48 bits per heavy atom. The van der Waals surface area contributed by atoms with E-state index >= 15 is 0 Å². The normalized spacial score (nSPS) is 28.5. The zero-order valence-corrected chi connectivity index (χ0v) is 18.8. The molecule has 0 saturated heterocycles. The van der Waals surface area contributed by atoms with Crippen molar-refractivity contribution in [2.45, 2.75) is 77.6 Å². The molecule has 0 aromatic rings. The maximum atomic E-state index is 12.8. The monoisotopic (exact) mass is 394 g/mol. The first-order valence-electron chi connectivity index (χ1n) is 9.80. The fourth-order valence-corrected chi connectivity index (χ4v) is 4.82. The highest BCUT2D eigenvalue weighted by Gasteiger charge is 2.62. The predicted octanol–water partition coefficient (Wildman–Crippen LogP) is 3.93. The van der Waals surface area contributed by atoms with Gasteiger partial charge in [-0.25, -0.2) is 4.79 Å². The average Bonchev–Trinajstić information content (AvgIpc) is 2.79. The van der Waals surface area contributed by atoms with Crippen LogP contribution in [0.2, 0.25) is 18.1 Å². The number of carbonyl (C=O) groups excluding carboxylic acids is 2. The molecule has 0 unspecified atom stereocenters. The number of hydrogen-bond acceptors (Lipinski definition) is 5. The zero-order valence-electron chi connectivity index (χ0n) is 17.8. The van der Waals surface area contributed by atoms with Gasteiger partial charge in [0.05, 0.1) is 17.6 Å². The van der Waals surface area contributed by atoms with Crippen LogP contribution in [-0.2, 0) is 18.8 Å². The third kappa shape index (κ3) is 3.59. The largest absolute Gasteiger partial charge is 0.463 e. The van der Waals surface area contributed by atoms with Crippen molar-refractivity contribution in [1.82, 2.24) is 0 Å². The van der Waals surface area contributed by atoms with Crippen molar-refractivity contribution in [1.29, 1.82) is 0 Å². The molecule has 0 radical (unpaired) electrons. The number of Topliss-reactive ketones (excluding diaryl/α,β-unsaturated/α-hetero) is 1. The SMILES string of the molecule is CCOC(=O)C1=CC=C(CCO[Si](C)(C)C(C)(C)C)[C@]2(C)C(=O)CC[C@]12O. The van der Waals surface area contributed by atoms with E-state index in [4.69, 9.17) is 9.16 Å². The molecule has 0 amide bonds. The third-order valence-electron chi connectivity index (χ3n) is 6.77. The third-order valence-corrected chi connectivity index (χ3v) is 11.3. The van der Waals surface area contributed by atoms with E-state index < -0.39 is 25.3 Å². The van der Waals surface area contributed by atoms with Gasteiger partial charge in [0.2, 0.25) is 0 Å². The molecular weight excluding hydrogens is 360 g/mol. The predicted molar refractivity (Wildman–Crippen MR) is 108 cm³/mol. The number of ketones is 1. The smallest absolute Gasteiger partial charge is 0.336 e. The summed E-state index contributed by atoms with van der Waals surface area (Å²) in [4.78, 5) is 25.1. The van der Waals surface area contributed by atoms with Gasteiger partial charge in [-0.1, -0.05) is 32.4 Å². The van der Waals surface area contributed by atoms with Crippen LogP contribution in [0.1, 0.15) is 53.9 Å². The van der Waals surface area contributed by atoms with Gasteiger partial charge < -0.3 is 14.3 Å². The van der Waals surface area contributed by atoms with E-state index in [-0.39, 0.29) is 35.8 Å². The van der Waals surface area contributed by atoms with Gasteiger partial charge >= 0.3 is 5.97 Å². The number of allylic oxidation sites excluding steroid dienone is 2. The Morgan fingerprint density at radius 1 is 1.30 bits per heavy atom. The molecule has 0 aromatic carbocycles. The summed E-state index contributed by atoms with van der Waals surface area (Å²) in [6, 6.07) is 0. The zero-order chi connectivity index (χ0) is 20.7. The fourth-order valence-electron chi connectivity index (χ4n) is 3.77. The van der Waals surface area contributed by atoms with Crippen molar-refractivity contribution >= 4 is 20.1 Å². The lowest BCUT2D eigenvalue weighted by Crippen LogP contribution is -2.52. The highest BCUT2D eigenvalue weighted by molar-refractivity contribution is 6.74. The van der Waals surface area contributed by atoms with Gasteiger partial charge in [0.15, 0.2) is 8.32 Å². The lowest BCUT2D eigenvalue weighted by molar-refractivity contribution is -0.144. The second kappa shape index (κ2) is 7.30. The van der Waals surface area contributed by atoms with Crippen molar-refractivity contribution < 1.29 is 23.9 Å². The Kier molecular flexibility index (Phi) is 5.96. The molecule has 0 bridgehead atoms. The Labute approximate surface area is 163 Å². The maximum Gasteiger partial charge on any atom is 0.336 e. The van der Waals surface area contributed by atoms with Crippen LogP contribution in [0.5, 0.6) is 0 Å². The summed E-state index contributed by atoms with van der Waals surface area (Å²) >= 11 is 0. The summed E-state index contributed by atoms with van der Waals surface area (Å²) in [7, 11) is -1.89. The molecule has 6 heteroatoms. The van der Waals surface area contributed by atoms with E-state index in [0.717, 1.165) is 5.57 Å². The summed E-state index contributed by atoms with van der Waals surface area (Å²) in [5.74, 6) is -0.577. The van der Waals surface area contributed by atoms with E-state index in [0.29, 0.717) is 13.0 Å². The number of fused-ring (bicyclic) bond motifs is 1. The summed E-state index contributed by atoms with van der Waals surface area (Å²) in [6.07, 6.45) is 4.49. The molecule has 5 nitrogen and oxygen atoms in total. The van der Waals surface area contributed by atoms with Crippen LogP contribution in [-0.4, -0.2) is 44.0 Å². The molecule has 0 aromatic heterocycles. The summed E-state index contributed by atoms with van der Waals surface area (Å²) in [5.41, 5.74) is -1.58. The van der Waals surface area contributed by atoms with Gasteiger partial charge in [0.1, 0.15) is 11.4 Å². The molecule has 27 heavy (non-hydrogen) atoms. The van der Waals surface area contributed by atoms with E-state index in [9.17, 15) is 14.7 Å². The molecule has 1 N–H and O–H groups in total. The Bertz CT molecular complexity index is 685. The van der Waals surface area contributed by atoms with Gasteiger partial charge in [-0.3, -0.25) is 4.79 Å². The van der Waals surface area contributed by atoms with Crippen molar-refractivity contribution in [2.75, 3.05) is 13.2 Å². The van der Waals surface area contributed by atoms with Gasteiger partial charge in [-0.2, -0.15) is 0 Å². The number of rotatable bonds is 6. The Morgan fingerprint density at radius 2 is 1.93 bits per heavy atom. The molecule has 152 valence electrons. The summed E-state index contributed by atoms with van der Waals surface area (Å²) in [5, 5.41) is 11.5. The average molecular weight is 395 g/mol. The van der Waals surface area contributed by atoms with Crippen molar-refractivity contribution in [2.24, 2.45) is 5.41 Å². The minimum absolute atomic E-state index is 0.0292. The Balaban J connectivity index is 2.28. The summed E-state index contributed by atoms with van der Waals surface area (Å²) < 4.78 is 11.4. The van der Waals surface area contributed by atoms with Crippen LogP contribution in [0.25, 0.3) is 0 Å². The molecule has 0 spiro atoms. The van der Waals surface area contributed by atoms with Crippen molar-refractivity contribution in [3.63, 3.8) is 0 Å². The van der Waals surface area contributed by atoms with Gasteiger partial charge in [-0.15, -0.1) is 0 Å². The lowest BCUT2D eigenvalue weighted by atomic mass is 9.63. The molecule has 2 aliphatic carbocycles. The number of hydrogen-bond donors (Lipinski definition) is 1. The minimum atomic E-state index is -1.89. The first-order valence-corrected chi connectivity index (χ1v) is 12.7. The van der Waals surface area contributed by atoms with Crippen molar-refractivity contribution in [3.05, 3.63) is 23.3 Å². The first-order chi connectivity index (χ1) is 12.3. The second-order valence-electron chi connectivity index (χ2n) is 9.26. The molecule has 0 heterocycles. The quantitative estimate of drug-likeness (QED) is 0.546. The number of ether oxygens (including phenoxy) is 1. The molecular formula is C21H34O5Si. The van der Waals surface area contributed by atoms with E-state index in [2.05, 4.69) is 33.9 Å². The molecule has 2 aliphatic rings. The number of aliphatic hydroxyl groups is 1. The van der Waals surface area contributed by atoms with Crippen LogP contribution in [0.3, 0.4) is 0 Å². The minimum Gasteiger partial charge on any atom is -0.463 e. The molecule has 2 rings (SSSR count). The lowest BCUT2D eigenvalue weighted by Gasteiger charge is -2.43. The van der Waals surface area contributed by atoms with Gasteiger partial charge in [0.25, 0.3) is 0 Å². The molecule has 0 aliphatic heterocycles. The Hall–Kier alpha value is -1.24. The van der Waals surface area contributed by atoms with Crippen LogP contribution < -0.4 is 0 Å². The van der Waals surface area contributed by atoms with Gasteiger partial charge in [0, 0.05) is 13.0 Å². The van der Waals surface area contributed by atoms with Crippen LogP contribution >= 0.6 is 0 Å². The van der Waals surface area contributed by atoms with E-state index in [1.807, 2.05) is 0 Å². The fraction of sp³-hybridized carbons (Fsp3) is 0.714. The van der Waals surface area contributed by atoms with E-state index in [1.54, 1.807) is 26.0 Å². The van der Waals surface area contributed by atoms with E-state index in [1.165, 1.54) is 0 Å². The topological polar surface area (TPSA) is 72.8 Å². The van der Waals surface area contributed by atoms with Crippen LogP contribution in [0, 0.1) is 5.41 Å². The maximum absolute atomic E-state index is 12.8. The molecule has 1 fully saturated rings. The highest BCUT2D eigenvalue weighted by Crippen LogP contribution is 2.55. The summed E-state index contributed by atoms with van der Waals surface area (Å²) in [6.45, 7) is 15.2. The first kappa shape index (κ1) is 22.1. The second-order valence-corrected chi connectivity index (χ2v) is 14.1. The number of esters is 1. The number of carbonyl (C=O) groups is 2. The molecule has 1 saturated carbocycles. The highest BCUT2D eigenvalue weighted by atomic mass is 28.4. The standard InChI is InChI=1S/C21H34O5Si/c1-8-25-18(23)16-10-9-15(12-14-26-27(6,7)19(2,3)4)20(5)17(22)11-13-21(16,20)24/h9-10,24H,8,11-14H2,1-7H3/t20-,21+/m1/s1. The van der Waals surface area contributed by atoms with Crippen molar-refractivity contribution in [3.8, 4) is 0 Å². The van der Waals surface area contributed by atoms with Crippen LogP contribution in [0.4, 0.5) is 0 Å². The van der Waals surface area contributed by atoms with Crippen LogP contribution in [0.15, 0.2) is 23.3 Å². The van der Waals surface area contributed by atoms with Gasteiger partial charge in [-0.05, 0) is 50.9 Å². The molecule has 2 atom stereocenters.